The van der Waals surface area contributed by atoms with Crippen LogP contribution < -0.4 is 0 Å². The van der Waals surface area contributed by atoms with Gasteiger partial charge in [-0.3, -0.25) is 9.78 Å². The van der Waals surface area contributed by atoms with Gasteiger partial charge in [0.1, 0.15) is 0 Å². The van der Waals surface area contributed by atoms with Gasteiger partial charge in [-0.25, -0.2) is 0 Å². The summed E-state index contributed by atoms with van der Waals surface area (Å²) in [6, 6.07) is 3.88. The van der Waals surface area contributed by atoms with Crippen molar-refractivity contribution in [2.24, 2.45) is 5.92 Å². The van der Waals surface area contributed by atoms with Crippen LogP contribution in [0.25, 0.3) is 6.08 Å². The van der Waals surface area contributed by atoms with E-state index in [0.717, 1.165) is 59.6 Å². The Labute approximate surface area is 233 Å². The molecule has 0 unspecified atom stereocenters. The highest BCUT2D eigenvalue weighted by molar-refractivity contribution is 6.02. The van der Waals surface area contributed by atoms with Crippen LogP contribution in [-0.4, -0.2) is 15.9 Å². The van der Waals surface area contributed by atoms with Gasteiger partial charge in [0.15, 0.2) is 5.78 Å². The van der Waals surface area contributed by atoms with Crippen LogP contribution in [0.4, 0.5) is 0 Å². The maximum absolute atomic E-state index is 11.7. The van der Waals surface area contributed by atoms with Crippen LogP contribution in [-0.2, 0) is 4.79 Å². The van der Waals surface area contributed by atoms with Gasteiger partial charge in [-0.05, 0) is 107 Å². The molecule has 1 aliphatic rings. The molecule has 1 aromatic rings. The van der Waals surface area contributed by atoms with Gasteiger partial charge in [0.25, 0.3) is 0 Å². The predicted octanol–water partition coefficient (Wildman–Crippen LogP) is 10.6. The molecule has 0 aliphatic heterocycles. The Morgan fingerprint density at radius 1 is 1.00 bits per heavy atom. The first-order chi connectivity index (χ1) is 18.2. The summed E-state index contributed by atoms with van der Waals surface area (Å²) in [5, 5.41) is 9.80. The second kappa shape index (κ2) is 19.4. The fourth-order valence-electron chi connectivity index (χ4n) is 4.66. The van der Waals surface area contributed by atoms with Gasteiger partial charge in [-0.15, -0.1) is 0 Å². The molecule has 1 N–H and O–H groups in total. The minimum Gasteiger partial charge on any atom is -0.512 e. The molecule has 0 atom stereocenters. The maximum Gasteiger partial charge on any atom is 0.160 e. The second-order valence-electron chi connectivity index (χ2n) is 10.5. The second-order valence-corrected chi connectivity index (χ2v) is 10.5. The Morgan fingerprint density at radius 3 is 2.21 bits per heavy atom. The van der Waals surface area contributed by atoms with Crippen LogP contribution >= 0.6 is 0 Å². The Bertz CT molecular complexity index is 997. The minimum atomic E-state index is 0.100. The van der Waals surface area contributed by atoms with Crippen LogP contribution in [0, 0.1) is 12.8 Å². The number of carbonyl (C=O) groups is 1. The standard InChI is InChI=1S/C19H32O.C16H21NO/c1-4-6-10-17(16(3)20)14-15-19(11-7-5-2)18-12-8-9-13-18;1-5-6-8-12(2)16(14(4)18)11-15-9-7-10-17-13(15)3/h11,14-15,18,20H,4-10,12-13H2,1-3H3;7-11H,5-6H2,1-4H3/b15-14-,17-16+,19-11-;12-8+,16-11+. The lowest BCUT2D eigenvalue weighted by atomic mass is 9.94. The van der Waals surface area contributed by atoms with Gasteiger partial charge in [-0.1, -0.05) is 83.2 Å². The molecule has 1 aliphatic carbocycles. The van der Waals surface area contributed by atoms with Crippen molar-refractivity contribution >= 4 is 11.9 Å². The normalized spacial score (nSPS) is 15.9. The van der Waals surface area contributed by atoms with Gasteiger partial charge in [0.05, 0.1) is 5.76 Å². The zero-order chi connectivity index (χ0) is 28.3. The molecule has 1 heterocycles. The van der Waals surface area contributed by atoms with Crippen molar-refractivity contribution in [3.63, 3.8) is 0 Å². The Hall–Kier alpha value is -2.68. The molecular weight excluding hydrogens is 466 g/mol. The number of aliphatic hydroxyl groups excluding tert-OH is 1. The number of allylic oxidation sites excluding steroid dienone is 9. The topological polar surface area (TPSA) is 50.2 Å². The summed E-state index contributed by atoms with van der Waals surface area (Å²) in [6.45, 7) is 13.9. The highest BCUT2D eigenvalue weighted by atomic mass is 16.3. The lowest BCUT2D eigenvalue weighted by Gasteiger charge is -2.11. The smallest absolute Gasteiger partial charge is 0.160 e. The number of aliphatic hydroxyl groups is 1. The summed E-state index contributed by atoms with van der Waals surface area (Å²) in [5.74, 6) is 1.34. The summed E-state index contributed by atoms with van der Waals surface area (Å²) < 4.78 is 0. The van der Waals surface area contributed by atoms with E-state index in [4.69, 9.17) is 0 Å². The third kappa shape index (κ3) is 12.7. The highest BCUT2D eigenvalue weighted by Crippen LogP contribution is 2.32. The molecule has 2 rings (SSSR count). The van der Waals surface area contributed by atoms with E-state index < -0.39 is 0 Å². The van der Waals surface area contributed by atoms with Crippen LogP contribution in [0.5, 0.6) is 0 Å². The Balaban J connectivity index is 0.000000382. The van der Waals surface area contributed by atoms with Crippen molar-refractivity contribution in [1.29, 1.82) is 0 Å². The lowest BCUT2D eigenvalue weighted by molar-refractivity contribution is -0.113. The fraction of sp³-hybridized carbons (Fsp3) is 0.543. The van der Waals surface area contributed by atoms with E-state index in [-0.39, 0.29) is 5.78 Å². The molecule has 1 aromatic heterocycles. The first kappa shape index (κ1) is 33.3. The van der Waals surface area contributed by atoms with Crippen LogP contribution in [0.1, 0.15) is 123 Å². The lowest BCUT2D eigenvalue weighted by Crippen LogP contribution is -1.99. The molecule has 0 bridgehead atoms. The molecule has 38 heavy (non-hydrogen) atoms. The minimum absolute atomic E-state index is 0.100. The number of pyridine rings is 1. The largest absolute Gasteiger partial charge is 0.512 e. The van der Waals surface area contributed by atoms with E-state index in [1.807, 2.05) is 32.1 Å². The SMILES string of the molecule is CCC/C=C(/C=C\C(CCCC)=C(/C)O)C1CCCC1.CCC/C=C(C)/C(=C\c1cccnc1C)C(C)=O. The third-order valence-electron chi connectivity index (χ3n) is 7.13. The molecule has 1 saturated carbocycles. The predicted molar refractivity (Wildman–Crippen MR) is 165 cm³/mol. The van der Waals surface area contributed by atoms with Gasteiger partial charge in [-0.2, -0.15) is 0 Å². The molecule has 0 aromatic carbocycles. The van der Waals surface area contributed by atoms with E-state index in [2.05, 4.69) is 50.1 Å². The Kier molecular flexibility index (Phi) is 17.0. The van der Waals surface area contributed by atoms with E-state index in [1.54, 1.807) is 20.0 Å². The number of Topliss-reactive ketones (excluding diaryl/α,β-unsaturated/α-hetero) is 1. The van der Waals surface area contributed by atoms with Crippen LogP contribution in [0.2, 0.25) is 0 Å². The Morgan fingerprint density at radius 2 is 1.66 bits per heavy atom. The van der Waals surface area contributed by atoms with Crippen LogP contribution in [0.15, 0.2) is 70.7 Å². The van der Waals surface area contributed by atoms with Gasteiger partial charge in [0.2, 0.25) is 0 Å². The number of aryl methyl sites for hydroxylation is 1. The average Bonchev–Trinajstić information content (AvgIpc) is 3.43. The fourth-order valence-corrected chi connectivity index (χ4v) is 4.66. The molecule has 0 spiro atoms. The van der Waals surface area contributed by atoms with Crippen molar-refractivity contribution in [1.82, 2.24) is 4.98 Å². The van der Waals surface area contributed by atoms with E-state index >= 15 is 0 Å². The van der Waals surface area contributed by atoms with Crippen molar-refractivity contribution in [3.8, 4) is 0 Å². The quantitative estimate of drug-likeness (QED) is 0.160. The van der Waals surface area contributed by atoms with Gasteiger partial charge >= 0.3 is 0 Å². The van der Waals surface area contributed by atoms with Crippen molar-refractivity contribution < 1.29 is 9.90 Å². The third-order valence-corrected chi connectivity index (χ3v) is 7.13. The average molecular weight is 520 g/mol. The highest BCUT2D eigenvalue weighted by Gasteiger charge is 2.17. The summed E-state index contributed by atoms with van der Waals surface area (Å²) in [4.78, 5) is 16.0. The zero-order valence-electron chi connectivity index (χ0n) is 25.3. The molecule has 210 valence electrons. The molecule has 0 amide bonds. The van der Waals surface area contributed by atoms with Gasteiger partial charge in [0, 0.05) is 17.5 Å². The summed E-state index contributed by atoms with van der Waals surface area (Å²) in [5.41, 5.74) is 6.38. The first-order valence-corrected chi connectivity index (χ1v) is 14.8. The zero-order valence-corrected chi connectivity index (χ0v) is 25.3. The number of carbonyl (C=O) groups excluding carboxylic acids is 1. The van der Waals surface area contributed by atoms with Crippen molar-refractivity contribution in [2.75, 3.05) is 0 Å². The number of hydrogen-bond acceptors (Lipinski definition) is 3. The molecule has 3 heteroatoms. The maximum atomic E-state index is 11.7. The van der Waals surface area contributed by atoms with Crippen LogP contribution in [0.3, 0.4) is 0 Å². The van der Waals surface area contributed by atoms with Gasteiger partial charge < -0.3 is 5.11 Å². The first-order valence-electron chi connectivity index (χ1n) is 14.8. The summed E-state index contributed by atoms with van der Waals surface area (Å²) in [7, 11) is 0. The van der Waals surface area contributed by atoms with E-state index in [0.29, 0.717) is 5.76 Å². The van der Waals surface area contributed by atoms with Crippen molar-refractivity contribution in [3.05, 3.63) is 81.9 Å². The molecule has 1 fully saturated rings. The number of hydrogen-bond donors (Lipinski definition) is 1. The monoisotopic (exact) mass is 519 g/mol. The van der Waals surface area contributed by atoms with E-state index in [9.17, 15) is 9.90 Å². The summed E-state index contributed by atoms with van der Waals surface area (Å²) in [6.07, 6.45) is 25.9. The number of aromatic nitrogens is 1. The van der Waals surface area contributed by atoms with E-state index in [1.165, 1.54) is 50.5 Å². The number of ketones is 1. The molecule has 3 nitrogen and oxygen atoms in total. The molecular formula is C35H53NO2. The van der Waals surface area contributed by atoms with Crippen molar-refractivity contribution in [2.45, 2.75) is 119 Å². The number of nitrogens with zero attached hydrogens (tertiary/aromatic N) is 1. The summed E-state index contributed by atoms with van der Waals surface area (Å²) >= 11 is 0. The molecule has 0 saturated heterocycles. The number of rotatable bonds is 13. The molecule has 0 radical (unpaired) electrons. The number of unbranched alkanes of at least 4 members (excludes halogenated alkanes) is 3.